The number of guanidine groups is 1. The lowest BCUT2D eigenvalue weighted by atomic mass is 10.1. The second-order valence-electron chi connectivity index (χ2n) is 9.89. The Balaban J connectivity index is -0.000000493. The van der Waals surface area contributed by atoms with E-state index in [0.29, 0.717) is 31.7 Å². The van der Waals surface area contributed by atoms with E-state index < -0.39 is 48.0 Å². The molecule has 0 aromatic heterocycles. The van der Waals surface area contributed by atoms with Crippen molar-refractivity contribution in [2.24, 2.45) is 51.2 Å². The van der Waals surface area contributed by atoms with Gasteiger partial charge in [0.15, 0.2) is 5.96 Å². The highest BCUT2D eigenvalue weighted by Crippen LogP contribution is 2.10. The van der Waals surface area contributed by atoms with Crippen molar-refractivity contribution in [2.45, 2.75) is 77.5 Å². The molecule has 1 aromatic carbocycles. The van der Waals surface area contributed by atoms with E-state index >= 15 is 0 Å². The second-order valence-corrected chi connectivity index (χ2v) is 9.89. The molecule has 0 radical (unpaired) electrons. The Morgan fingerprint density at radius 3 is 1.48 bits per heavy atom. The first-order valence-electron chi connectivity index (χ1n) is 13.0. The van der Waals surface area contributed by atoms with Gasteiger partial charge in [-0.15, -0.1) is 0 Å². The minimum absolute atomic E-state index is 0.0129. The number of aromatic hydroxyl groups is 1. The summed E-state index contributed by atoms with van der Waals surface area (Å²) in [4.78, 5) is 44.4. The smallest absolute Gasteiger partial charge is 0.320 e. The van der Waals surface area contributed by atoms with Gasteiger partial charge in [0.2, 0.25) is 0 Å². The predicted octanol–water partition coefficient (Wildman–Crippen LogP) is -0.703. The van der Waals surface area contributed by atoms with Gasteiger partial charge in [0.1, 0.15) is 29.9 Å². The van der Waals surface area contributed by atoms with Crippen LogP contribution in [0.4, 0.5) is 0 Å². The molecule has 0 amide bonds. The number of nitrogens with zero attached hydrogens (tertiary/aromatic N) is 1. The number of phenols is 1. The average Bonchev–Trinajstić information content (AvgIpc) is 2.87. The molecule has 0 aliphatic heterocycles. The van der Waals surface area contributed by atoms with Crippen LogP contribution in [0.15, 0.2) is 29.3 Å². The van der Waals surface area contributed by atoms with Crippen molar-refractivity contribution in [3.8, 4) is 5.75 Å². The first kappa shape index (κ1) is 42.5. The molecule has 0 heterocycles. The van der Waals surface area contributed by atoms with Crippen LogP contribution < -0.4 is 34.4 Å². The number of benzene rings is 1. The van der Waals surface area contributed by atoms with E-state index in [9.17, 15) is 19.2 Å². The highest BCUT2D eigenvalue weighted by Gasteiger charge is 2.14. The zero-order valence-electron chi connectivity index (χ0n) is 24.6. The minimum atomic E-state index is -1.02. The molecule has 17 N–H and O–H groups in total. The van der Waals surface area contributed by atoms with Gasteiger partial charge in [0, 0.05) is 6.54 Å². The molecular formula is C26H49N7O9. The molecule has 0 spiro atoms. The molecule has 16 nitrogen and oxygen atoms in total. The van der Waals surface area contributed by atoms with Crippen LogP contribution in [0.2, 0.25) is 0 Å². The first-order chi connectivity index (χ1) is 19.2. The molecular weight excluding hydrogens is 554 g/mol. The Morgan fingerprint density at radius 1 is 0.738 bits per heavy atom. The fourth-order valence-electron chi connectivity index (χ4n) is 2.51. The van der Waals surface area contributed by atoms with Crippen LogP contribution in [0.3, 0.4) is 0 Å². The monoisotopic (exact) mass is 603 g/mol. The quantitative estimate of drug-likeness (QED) is 0.0753. The van der Waals surface area contributed by atoms with E-state index in [1.165, 1.54) is 12.1 Å². The number of carboxylic acid groups (broad SMARTS) is 4. The van der Waals surface area contributed by atoms with Crippen molar-refractivity contribution in [1.29, 1.82) is 0 Å². The summed E-state index contributed by atoms with van der Waals surface area (Å²) in [6.45, 7) is 7.87. The van der Waals surface area contributed by atoms with Crippen molar-refractivity contribution in [1.82, 2.24) is 0 Å². The van der Waals surface area contributed by atoms with Gasteiger partial charge in [-0.05, 0) is 55.2 Å². The Morgan fingerprint density at radius 2 is 1.19 bits per heavy atom. The van der Waals surface area contributed by atoms with E-state index in [4.69, 9.17) is 59.9 Å². The third-order valence-corrected chi connectivity index (χ3v) is 5.04. The van der Waals surface area contributed by atoms with E-state index in [2.05, 4.69) is 4.99 Å². The number of carboxylic acids is 4. The SMILES string of the molecule is CC(C)C(N)C(=O)O.CC(C)CC(N)C(=O)O.NC(Cc1ccc(O)cc1)C(=O)O.NC(N)=NCCCC(N)C(=O)O. The zero-order chi connectivity index (χ0) is 33.6. The summed E-state index contributed by atoms with van der Waals surface area (Å²) in [7, 11) is 0. The van der Waals surface area contributed by atoms with E-state index in [1.54, 1.807) is 26.0 Å². The average molecular weight is 604 g/mol. The van der Waals surface area contributed by atoms with E-state index in [1.807, 2.05) is 13.8 Å². The van der Waals surface area contributed by atoms with Crippen molar-refractivity contribution >= 4 is 29.8 Å². The van der Waals surface area contributed by atoms with Gasteiger partial charge in [-0.2, -0.15) is 0 Å². The third-order valence-electron chi connectivity index (χ3n) is 5.04. The largest absolute Gasteiger partial charge is 0.508 e. The van der Waals surface area contributed by atoms with Gasteiger partial charge in [-0.25, -0.2) is 0 Å². The topological polar surface area (TPSA) is 338 Å². The fourth-order valence-corrected chi connectivity index (χ4v) is 2.51. The maximum absolute atomic E-state index is 10.4. The van der Waals surface area contributed by atoms with Gasteiger partial charge < -0.3 is 59.9 Å². The number of carbonyl (C=O) groups is 4. The Kier molecular flexibility index (Phi) is 24.0. The molecule has 16 heteroatoms. The highest BCUT2D eigenvalue weighted by molar-refractivity contribution is 5.76. The Hall–Kier alpha value is -3.99. The van der Waals surface area contributed by atoms with E-state index in [-0.39, 0.29) is 24.0 Å². The van der Waals surface area contributed by atoms with Gasteiger partial charge in [-0.3, -0.25) is 24.2 Å². The Labute approximate surface area is 245 Å². The number of aliphatic carboxylic acids is 4. The Bertz CT molecular complexity index is 954. The van der Waals surface area contributed by atoms with Crippen LogP contribution in [-0.4, -0.2) is 86.1 Å². The molecule has 4 unspecified atom stereocenters. The summed E-state index contributed by atoms with van der Waals surface area (Å²) in [5, 5.41) is 42.4. The summed E-state index contributed by atoms with van der Waals surface area (Å²) < 4.78 is 0. The molecule has 0 bridgehead atoms. The summed E-state index contributed by atoms with van der Waals surface area (Å²) >= 11 is 0. The third kappa shape index (κ3) is 26.2. The number of rotatable bonds is 13. The lowest BCUT2D eigenvalue weighted by Gasteiger charge is -2.07. The van der Waals surface area contributed by atoms with Gasteiger partial charge in [0.25, 0.3) is 0 Å². The summed E-state index contributed by atoms with van der Waals surface area (Å²) in [6.07, 6.45) is 1.78. The van der Waals surface area contributed by atoms with Crippen molar-refractivity contribution in [3.63, 3.8) is 0 Å². The van der Waals surface area contributed by atoms with E-state index in [0.717, 1.165) is 5.56 Å². The first-order valence-corrected chi connectivity index (χ1v) is 13.0. The van der Waals surface area contributed by atoms with Crippen LogP contribution in [0.25, 0.3) is 0 Å². The normalized spacial score (nSPS) is 12.9. The maximum atomic E-state index is 10.4. The lowest BCUT2D eigenvalue weighted by Crippen LogP contribution is -2.34. The van der Waals surface area contributed by atoms with Crippen molar-refractivity contribution < 1.29 is 44.7 Å². The van der Waals surface area contributed by atoms with Crippen LogP contribution in [0, 0.1) is 11.8 Å². The molecule has 1 rings (SSSR count). The van der Waals surface area contributed by atoms with Gasteiger partial charge >= 0.3 is 23.9 Å². The standard InChI is InChI=1S/C9H11NO3.C6H14N4O2.C6H13NO2.C5H11NO2/c10-8(9(12)13)5-6-1-3-7(11)4-2-6;7-4(5(11)12)2-1-3-10-6(8)9;1-4(2)3-5(7)6(8)9;1-3(2)4(6)5(7)8/h1-4,8,11H,5,10H2,(H,12,13);4H,1-3,7H2,(H,11,12)(H4,8,9,10);4-5H,3,7H2,1-2H3,(H,8,9);3-4H,6H2,1-2H3,(H,7,8). The van der Waals surface area contributed by atoms with Crippen LogP contribution >= 0.6 is 0 Å². The van der Waals surface area contributed by atoms with Crippen LogP contribution in [-0.2, 0) is 25.6 Å². The molecule has 42 heavy (non-hydrogen) atoms. The van der Waals surface area contributed by atoms with Crippen LogP contribution in [0.5, 0.6) is 5.75 Å². The number of nitrogens with two attached hydrogens (primary N) is 6. The lowest BCUT2D eigenvalue weighted by molar-refractivity contribution is -0.140. The molecule has 0 aliphatic rings. The second kappa shape index (κ2) is 23.7. The molecule has 0 aliphatic carbocycles. The van der Waals surface area contributed by atoms with Crippen molar-refractivity contribution in [3.05, 3.63) is 29.8 Å². The number of hydrogen-bond donors (Lipinski definition) is 11. The molecule has 4 atom stereocenters. The molecule has 0 saturated heterocycles. The minimum Gasteiger partial charge on any atom is -0.508 e. The predicted molar refractivity (Wildman–Crippen MR) is 158 cm³/mol. The molecule has 242 valence electrons. The maximum Gasteiger partial charge on any atom is 0.320 e. The number of phenolic OH excluding ortho intramolecular Hbond substituents is 1. The molecule has 0 saturated carbocycles. The molecule has 1 aromatic rings. The highest BCUT2D eigenvalue weighted by atomic mass is 16.4. The summed E-state index contributed by atoms with van der Waals surface area (Å²) in [6, 6.07) is 3.20. The number of aliphatic imine (C=N–C) groups is 1. The fraction of sp³-hybridized carbons (Fsp3) is 0.577. The van der Waals surface area contributed by atoms with Gasteiger partial charge in [0.05, 0.1) is 0 Å². The zero-order valence-corrected chi connectivity index (χ0v) is 24.6. The molecule has 0 fully saturated rings. The van der Waals surface area contributed by atoms with Crippen LogP contribution in [0.1, 0.15) is 52.5 Å². The summed E-state index contributed by atoms with van der Waals surface area (Å²) in [5.74, 6) is -3.31. The summed E-state index contributed by atoms with van der Waals surface area (Å²) in [5.41, 5.74) is 31.8. The van der Waals surface area contributed by atoms with Gasteiger partial charge in [-0.1, -0.05) is 39.8 Å². The van der Waals surface area contributed by atoms with Crippen molar-refractivity contribution in [2.75, 3.05) is 6.54 Å². The number of hydrogen-bond acceptors (Lipinski definition) is 10.